The molecule has 0 aliphatic rings. The Morgan fingerprint density at radius 2 is 2.16 bits per heavy atom. The van der Waals surface area contributed by atoms with Gasteiger partial charge in [-0.3, -0.25) is 9.48 Å². The lowest BCUT2D eigenvalue weighted by Crippen LogP contribution is -2.21. The van der Waals surface area contributed by atoms with E-state index in [9.17, 15) is 4.79 Å². The highest BCUT2D eigenvalue weighted by atomic mass is 16.1. The second kappa shape index (κ2) is 5.81. The molecule has 6 nitrogen and oxygen atoms in total. The third kappa shape index (κ3) is 3.95. The van der Waals surface area contributed by atoms with Crippen LogP contribution >= 0.6 is 0 Å². The fraction of sp³-hybridized carbons (Fsp3) is 0.154. The minimum atomic E-state index is -0.190. The van der Waals surface area contributed by atoms with E-state index in [1.807, 2.05) is 12.1 Å². The summed E-state index contributed by atoms with van der Waals surface area (Å²) in [6.07, 6.45) is 4.78. The third-order valence-electron chi connectivity index (χ3n) is 2.43. The second-order valence-electron chi connectivity index (χ2n) is 4.05. The number of nitrogens with zero attached hydrogens (tertiary/aromatic N) is 3. The van der Waals surface area contributed by atoms with E-state index >= 15 is 0 Å². The molecule has 0 aliphatic heterocycles. The summed E-state index contributed by atoms with van der Waals surface area (Å²) < 4.78 is 1.59. The minimum absolute atomic E-state index is 0.190. The Kier molecular flexibility index (Phi) is 3.92. The summed E-state index contributed by atoms with van der Waals surface area (Å²) in [6.45, 7) is 0.311. The van der Waals surface area contributed by atoms with E-state index in [1.165, 1.54) is 6.08 Å². The number of nitrogens with one attached hydrogen (secondary N) is 1. The van der Waals surface area contributed by atoms with Gasteiger partial charge in [0.1, 0.15) is 6.33 Å². The first-order valence-corrected chi connectivity index (χ1v) is 5.79. The molecule has 1 amide bonds. The smallest absolute Gasteiger partial charge is 0.244 e. The summed E-state index contributed by atoms with van der Waals surface area (Å²) in [5.74, 6) is 0.390. The zero-order valence-corrected chi connectivity index (χ0v) is 10.6. The Morgan fingerprint density at radius 3 is 2.79 bits per heavy atom. The molecule has 0 saturated carbocycles. The number of rotatable bonds is 4. The van der Waals surface area contributed by atoms with Gasteiger partial charge in [0.2, 0.25) is 5.91 Å². The summed E-state index contributed by atoms with van der Waals surface area (Å²) in [5, 5.41) is 6.77. The summed E-state index contributed by atoms with van der Waals surface area (Å²) in [7, 11) is 1.78. The van der Waals surface area contributed by atoms with Gasteiger partial charge in [-0.05, 0) is 23.8 Å². The van der Waals surface area contributed by atoms with Crippen molar-refractivity contribution < 1.29 is 4.79 Å². The van der Waals surface area contributed by atoms with Crippen LogP contribution in [-0.4, -0.2) is 20.7 Å². The highest BCUT2D eigenvalue weighted by Crippen LogP contribution is 2.06. The quantitative estimate of drug-likeness (QED) is 0.624. The second-order valence-corrected chi connectivity index (χ2v) is 4.05. The molecule has 0 saturated heterocycles. The van der Waals surface area contributed by atoms with E-state index < -0.39 is 0 Å². The molecule has 3 N–H and O–H groups in total. The van der Waals surface area contributed by atoms with Crippen molar-refractivity contribution in [1.29, 1.82) is 0 Å². The van der Waals surface area contributed by atoms with Crippen LogP contribution in [0, 0.1) is 0 Å². The van der Waals surface area contributed by atoms with Gasteiger partial charge in [-0.25, -0.2) is 4.98 Å². The third-order valence-corrected chi connectivity index (χ3v) is 2.43. The lowest BCUT2D eigenvalue weighted by atomic mass is 10.2. The molecule has 0 fully saturated rings. The number of carbonyl (C=O) groups excluding carboxylic acids is 1. The maximum atomic E-state index is 11.6. The molecule has 1 heterocycles. The highest BCUT2D eigenvalue weighted by Gasteiger charge is 2.00. The summed E-state index contributed by atoms with van der Waals surface area (Å²) in [6, 6.07) is 7.27. The van der Waals surface area contributed by atoms with Gasteiger partial charge in [-0.1, -0.05) is 12.1 Å². The molecule has 0 unspecified atom stereocenters. The number of hydrogen-bond acceptors (Lipinski definition) is 4. The van der Waals surface area contributed by atoms with Gasteiger partial charge in [0.15, 0.2) is 5.82 Å². The minimum Gasteiger partial charge on any atom is -0.399 e. The average Bonchev–Trinajstić information content (AvgIpc) is 2.81. The van der Waals surface area contributed by atoms with Crippen molar-refractivity contribution in [2.45, 2.75) is 6.54 Å². The summed E-state index contributed by atoms with van der Waals surface area (Å²) >= 11 is 0. The first-order chi connectivity index (χ1) is 9.13. The van der Waals surface area contributed by atoms with Crippen LogP contribution in [0.2, 0.25) is 0 Å². The van der Waals surface area contributed by atoms with Crippen molar-refractivity contribution >= 4 is 17.7 Å². The summed E-state index contributed by atoms with van der Waals surface area (Å²) in [4.78, 5) is 15.6. The number of carbonyl (C=O) groups is 1. The van der Waals surface area contributed by atoms with Crippen LogP contribution in [0.25, 0.3) is 6.08 Å². The first-order valence-electron chi connectivity index (χ1n) is 5.79. The van der Waals surface area contributed by atoms with E-state index in [2.05, 4.69) is 15.4 Å². The van der Waals surface area contributed by atoms with E-state index in [1.54, 1.807) is 36.3 Å². The number of nitrogens with two attached hydrogens (primary N) is 1. The van der Waals surface area contributed by atoms with Crippen molar-refractivity contribution in [3.63, 3.8) is 0 Å². The molecular formula is C13H15N5O. The van der Waals surface area contributed by atoms with Crippen molar-refractivity contribution in [2.24, 2.45) is 7.05 Å². The Balaban J connectivity index is 1.85. The van der Waals surface area contributed by atoms with Gasteiger partial charge in [0.05, 0.1) is 6.54 Å². The number of benzene rings is 1. The number of nitrogen functional groups attached to an aromatic ring is 1. The molecule has 1 aromatic heterocycles. The topological polar surface area (TPSA) is 85.8 Å². The predicted octanol–water partition coefficient (Wildman–Crippen LogP) is 0.727. The number of amides is 1. The molecule has 1 aromatic carbocycles. The van der Waals surface area contributed by atoms with Crippen LogP contribution in [0.4, 0.5) is 5.69 Å². The van der Waals surface area contributed by atoms with Gasteiger partial charge in [-0.15, -0.1) is 0 Å². The van der Waals surface area contributed by atoms with Crippen LogP contribution in [0.15, 0.2) is 36.7 Å². The molecule has 19 heavy (non-hydrogen) atoms. The molecule has 6 heteroatoms. The Hall–Kier alpha value is -2.63. The van der Waals surface area contributed by atoms with Gasteiger partial charge >= 0.3 is 0 Å². The molecule has 2 rings (SSSR count). The fourth-order valence-electron chi connectivity index (χ4n) is 1.47. The number of aromatic nitrogens is 3. The van der Waals surface area contributed by atoms with Crippen molar-refractivity contribution in [3.8, 4) is 0 Å². The van der Waals surface area contributed by atoms with Gasteiger partial charge in [0, 0.05) is 18.8 Å². The molecular weight excluding hydrogens is 242 g/mol. The van der Waals surface area contributed by atoms with Crippen LogP contribution in [0.5, 0.6) is 0 Å². The number of hydrogen-bond donors (Lipinski definition) is 2. The van der Waals surface area contributed by atoms with E-state index in [4.69, 9.17) is 5.73 Å². The molecule has 2 aromatic rings. The van der Waals surface area contributed by atoms with Crippen LogP contribution < -0.4 is 11.1 Å². The van der Waals surface area contributed by atoms with E-state index in [0.717, 1.165) is 5.56 Å². The normalized spacial score (nSPS) is 10.8. The fourth-order valence-corrected chi connectivity index (χ4v) is 1.47. The lowest BCUT2D eigenvalue weighted by molar-refractivity contribution is -0.116. The average molecular weight is 257 g/mol. The Labute approximate surface area is 111 Å². The van der Waals surface area contributed by atoms with Gasteiger partial charge in [0.25, 0.3) is 0 Å². The van der Waals surface area contributed by atoms with Crippen LogP contribution in [0.3, 0.4) is 0 Å². The Morgan fingerprint density at radius 1 is 1.42 bits per heavy atom. The number of anilines is 1. The molecule has 0 aliphatic carbocycles. The molecule has 0 spiro atoms. The molecule has 0 radical (unpaired) electrons. The molecule has 0 atom stereocenters. The monoisotopic (exact) mass is 257 g/mol. The Bertz CT molecular complexity index is 585. The van der Waals surface area contributed by atoms with Crippen molar-refractivity contribution in [1.82, 2.24) is 20.1 Å². The van der Waals surface area contributed by atoms with Crippen molar-refractivity contribution in [2.75, 3.05) is 5.73 Å². The van der Waals surface area contributed by atoms with E-state index in [-0.39, 0.29) is 5.91 Å². The largest absolute Gasteiger partial charge is 0.399 e. The molecule has 0 bridgehead atoms. The maximum absolute atomic E-state index is 11.6. The van der Waals surface area contributed by atoms with E-state index in [0.29, 0.717) is 18.1 Å². The predicted molar refractivity (Wildman–Crippen MR) is 72.7 cm³/mol. The maximum Gasteiger partial charge on any atom is 0.244 e. The van der Waals surface area contributed by atoms with Gasteiger partial charge < -0.3 is 11.1 Å². The summed E-state index contributed by atoms with van der Waals surface area (Å²) in [5.41, 5.74) is 7.19. The van der Waals surface area contributed by atoms with Gasteiger partial charge in [-0.2, -0.15) is 5.10 Å². The lowest BCUT2D eigenvalue weighted by Gasteiger charge is -1.98. The standard InChI is InChI=1S/C13H15N5O/c1-18-9-16-12(17-18)8-15-13(19)7-4-10-2-5-11(14)6-3-10/h2-7,9H,8,14H2,1H3,(H,15,19)/b7-4+. The SMILES string of the molecule is Cn1cnc(CNC(=O)/C=C/c2ccc(N)cc2)n1. The van der Waals surface area contributed by atoms with Crippen molar-refractivity contribution in [3.05, 3.63) is 48.1 Å². The zero-order valence-electron chi connectivity index (χ0n) is 10.6. The first kappa shape index (κ1) is 12.8. The van der Waals surface area contributed by atoms with Crippen LogP contribution in [0.1, 0.15) is 11.4 Å². The zero-order chi connectivity index (χ0) is 13.7. The van der Waals surface area contributed by atoms with Crippen LogP contribution in [-0.2, 0) is 18.4 Å². The number of aryl methyl sites for hydroxylation is 1. The highest BCUT2D eigenvalue weighted by molar-refractivity contribution is 5.91. The molecule has 98 valence electrons.